The van der Waals surface area contributed by atoms with E-state index in [1.165, 1.54) is 17.2 Å². The molecule has 102 valence electrons. The molecule has 0 saturated carbocycles. The van der Waals surface area contributed by atoms with Crippen molar-refractivity contribution in [1.29, 1.82) is 0 Å². The number of carbonyl (C=O) groups is 1. The number of carbonyl (C=O) groups excluding carboxylic acids is 1. The van der Waals surface area contributed by atoms with E-state index in [0.29, 0.717) is 17.7 Å². The van der Waals surface area contributed by atoms with Crippen molar-refractivity contribution in [2.24, 2.45) is 0 Å². The minimum atomic E-state index is -0.304. The molecule has 0 aliphatic carbocycles. The largest absolute Gasteiger partial charge is 0.277 e. The lowest BCUT2D eigenvalue weighted by atomic mass is 10.0. The number of rotatable bonds is 3. The summed E-state index contributed by atoms with van der Waals surface area (Å²) in [6, 6.07) is 13.7. The van der Waals surface area contributed by atoms with Gasteiger partial charge in [0.1, 0.15) is 12.4 Å². The molecule has 0 aromatic heterocycles. The van der Waals surface area contributed by atoms with Gasteiger partial charge in [0, 0.05) is 5.56 Å². The third kappa shape index (κ3) is 2.56. The van der Waals surface area contributed by atoms with Crippen LogP contribution in [0.2, 0.25) is 0 Å². The van der Waals surface area contributed by atoms with Crippen LogP contribution >= 0.6 is 0 Å². The van der Waals surface area contributed by atoms with Crippen molar-refractivity contribution in [3.05, 3.63) is 71.0 Å². The molecule has 2 aromatic carbocycles. The van der Waals surface area contributed by atoms with Crippen LogP contribution in [0.1, 0.15) is 21.5 Å². The van der Waals surface area contributed by atoms with Crippen LogP contribution in [0.3, 0.4) is 0 Å². The van der Waals surface area contributed by atoms with Gasteiger partial charge in [0.15, 0.2) is 0 Å². The maximum absolute atomic E-state index is 13.1. The van der Waals surface area contributed by atoms with Gasteiger partial charge >= 0.3 is 0 Å². The minimum Gasteiger partial charge on any atom is -0.267 e. The molecule has 1 aliphatic rings. The Labute approximate surface area is 116 Å². The Hall–Kier alpha value is -2.20. The average Bonchev–Trinajstić information content (AvgIpc) is 2.47. The van der Waals surface area contributed by atoms with Gasteiger partial charge in [-0.1, -0.05) is 30.3 Å². The summed E-state index contributed by atoms with van der Waals surface area (Å²) in [5, 5.41) is 1.35. The van der Waals surface area contributed by atoms with Gasteiger partial charge in [0.2, 0.25) is 0 Å². The van der Waals surface area contributed by atoms with Crippen molar-refractivity contribution in [2.75, 3.05) is 6.54 Å². The van der Waals surface area contributed by atoms with Gasteiger partial charge in [0.05, 0.1) is 6.54 Å². The van der Waals surface area contributed by atoms with Crippen LogP contribution in [0, 0.1) is 5.82 Å². The minimum absolute atomic E-state index is 0.136. The number of hydrogen-bond acceptors (Lipinski definition) is 2. The zero-order valence-corrected chi connectivity index (χ0v) is 10.9. The van der Waals surface area contributed by atoms with Gasteiger partial charge in [-0.3, -0.25) is 9.63 Å². The number of nitrogens with zero attached hydrogens (tertiary/aromatic N) is 1. The van der Waals surface area contributed by atoms with E-state index in [9.17, 15) is 9.18 Å². The number of hydrogen-bond donors (Lipinski definition) is 0. The molecule has 2 aromatic rings. The van der Waals surface area contributed by atoms with Gasteiger partial charge in [0.25, 0.3) is 5.91 Å². The monoisotopic (exact) mass is 271 g/mol. The Morgan fingerprint density at radius 2 is 2.00 bits per heavy atom. The van der Waals surface area contributed by atoms with Gasteiger partial charge in [-0.05, 0) is 35.7 Å². The second-order valence-electron chi connectivity index (χ2n) is 4.72. The SMILES string of the molecule is O=C1c2ccccc2CCN1OCc1cccc(F)c1. The third-order valence-corrected chi connectivity index (χ3v) is 3.33. The summed E-state index contributed by atoms with van der Waals surface area (Å²) in [6.07, 6.45) is 0.769. The Balaban J connectivity index is 1.69. The van der Waals surface area contributed by atoms with Crippen LogP contribution in [0.5, 0.6) is 0 Å². The molecule has 1 amide bonds. The number of amides is 1. The molecular weight excluding hydrogens is 257 g/mol. The van der Waals surface area contributed by atoms with Crippen molar-refractivity contribution in [2.45, 2.75) is 13.0 Å². The highest BCUT2D eigenvalue weighted by molar-refractivity contribution is 5.96. The molecule has 0 unspecified atom stereocenters. The summed E-state index contributed by atoms with van der Waals surface area (Å²) in [7, 11) is 0. The number of benzene rings is 2. The van der Waals surface area contributed by atoms with Crippen molar-refractivity contribution in [1.82, 2.24) is 5.06 Å². The first-order valence-corrected chi connectivity index (χ1v) is 6.51. The predicted molar refractivity (Wildman–Crippen MR) is 72.4 cm³/mol. The molecule has 0 N–H and O–H groups in total. The van der Waals surface area contributed by atoms with Crippen LogP contribution < -0.4 is 0 Å². The molecule has 3 nitrogen and oxygen atoms in total. The summed E-state index contributed by atoms with van der Waals surface area (Å²) < 4.78 is 13.1. The van der Waals surface area contributed by atoms with Crippen LogP contribution in [-0.4, -0.2) is 17.5 Å². The number of hydroxylamine groups is 2. The first kappa shape index (κ1) is 12.8. The molecule has 0 fully saturated rings. The fraction of sp³-hybridized carbons (Fsp3) is 0.188. The Bertz CT molecular complexity index is 642. The quantitative estimate of drug-likeness (QED) is 0.859. The Morgan fingerprint density at radius 1 is 1.15 bits per heavy atom. The van der Waals surface area contributed by atoms with Crippen LogP contribution in [-0.2, 0) is 17.9 Å². The van der Waals surface area contributed by atoms with Crippen molar-refractivity contribution in [3.8, 4) is 0 Å². The fourth-order valence-electron chi connectivity index (χ4n) is 2.31. The molecule has 0 bridgehead atoms. The molecule has 0 spiro atoms. The van der Waals surface area contributed by atoms with Crippen LogP contribution in [0.15, 0.2) is 48.5 Å². The standard InChI is InChI=1S/C16H14FNO2/c17-14-6-3-4-12(10-14)11-20-18-9-8-13-5-1-2-7-15(13)16(18)19/h1-7,10H,8-9,11H2. The summed E-state index contributed by atoms with van der Waals surface area (Å²) >= 11 is 0. The van der Waals surface area contributed by atoms with E-state index in [1.807, 2.05) is 18.2 Å². The molecule has 0 saturated heterocycles. The fourth-order valence-corrected chi connectivity index (χ4v) is 2.31. The highest BCUT2D eigenvalue weighted by atomic mass is 19.1. The first-order valence-electron chi connectivity index (χ1n) is 6.51. The van der Waals surface area contributed by atoms with E-state index in [1.54, 1.807) is 18.2 Å². The second-order valence-corrected chi connectivity index (χ2v) is 4.72. The van der Waals surface area contributed by atoms with Crippen molar-refractivity contribution in [3.63, 3.8) is 0 Å². The van der Waals surface area contributed by atoms with Crippen molar-refractivity contribution < 1.29 is 14.0 Å². The number of fused-ring (bicyclic) bond motifs is 1. The van der Waals surface area contributed by atoms with E-state index in [2.05, 4.69) is 0 Å². The number of halogens is 1. The van der Waals surface area contributed by atoms with Crippen LogP contribution in [0.25, 0.3) is 0 Å². The second kappa shape index (κ2) is 5.43. The zero-order valence-electron chi connectivity index (χ0n) is 10.9. The van der Waals surface area contributed by atoms with Gasteiger partial charge < -0.3 is 0 Å². The van der Waals surface area contributed by atoms with Gasteiger partial charge in [-0.25, -0.2) is 9.45 Å². The van der Waals surface area contributed by atoms with Gasteiger partial charge in [-0.15, -0.1) is 0 Å². The summed E-state index contributed by atoms with van der Waals surface area (Å²) in [4.78, 5) is 17.7. The molecule has 4 heteroatoms. The normalized spacial score (nSPS) is 14.2. The summed E-state index contributed by atoms with van der Waals surface area (Å²) in [5.41, 5.74) is 2.43. The maximum Gasteiger partial charge on any atom is 0.277 e. The van der Waals surface area contributed by atoms with E-state index in [4.69, 9.17) is 4.84 Å². The topological polar surface area (TPSA) is 29.5 Å². The molecule has 0 radical (unpaired) electrons. The van der Waals surface area contributed by atoms with E-state index in [0.717, 1.165) is 12.0 Å². The zero-order chi connectivity index (χ0) is 13.9. The molecular formula is C16H14FNO2. The maximum atomic E-state index is 13.1. The molecule has 0 atom stereocenters. The average molecular weight is 271 g/mol. The van der Waals surface area contributed by atoms with Crippen molar-refractivity contribution >= 4 is 5.91 Å². The van der Waals surface area contributed by atoms with Crippen LogP contribution in [0.4, 0.5) is 4.39 Å². The van der Waals surface area contributed by atoms with Gasteiger partial charge in [-0.2, -0.15) is 0 Å². The lowest BCUT2D eigenvalue weighted by Gasteiger charge is -2.27. The predicted octanol–water partition coefficient (Wildman–Crippen LogP) is 2.96. The molecule has 20 heavy (non-hydrogen) atoms. The van der Waals surface area contributed by atoms with E-state index in [-0.39, 0.29) is 18.3 Å². The van der Waals surface area contributed by atoms with E-state index < -0.39 is 0 Å². The lowest BCUT2D eigenvalue weighted by Crippen LogP contribution is -2.37. The molecule has 1 heterocycles. The smallest absolute Gasteiger partial charge is 0.267 e. The lowest BCUT2D eigenvalue weighted by molar-refractivity contribution is -0.135. The molecule has 1 aliphatic heterocycles. The highest BCUT2D eigenvalue weighted by Gasteiger charge is 2.24. The third-order valence-electron chi connectivity index (χ3n) is 3.33. The Kier molecular flexibility index (Phi) is 3.48. The summed E-state index contributed by atoms with van der Waals surface area (Å²) in [6.45, 7) is 0.705. The highest BCUT2D eigenvalue weighted by Crippen LogP contribution is 2.19. The Morgan fingerprint density at radius 3 is 2.85 bits per heavy atom. The summed E-state index contributed by atoms with van der Waals surface area (Å²) in [5.74, 6) is -0.440. The molecule has 3 rings (SSSR count). The first-order chi connectivity index (χ1) is 9.74. The van der Waals surface area contributed by atoms with E-state index >= 15 is 0 Å².